The van der Waals surface area contributed by atoms with Gasteiger partial charge in [-0.25, -0.2) is 23.5 Å². The first kappa shape index (κ1) is 26.7. The molecule has 0 unspecified atom stereocenters. The molecule has 3 N–H and O–H groups in total. The van der Waals surface area contributed by atoms with Crippen molar-refractivity contribution in [3.63, 3.8) is 0 Å². The summed E-state index contributed by atoms with van der Waals surface area (Å²) in [7, 11) is 0. The molecule has 4 rings (SSSR count). The summed E-state index contributed by atoms with van der Waals surface area (Å²) in [6.07, 6.45) is 8.59. The smallest absolute Gasteiger partial charge is 0.319 e. The van der Waals surface area contributed by atoms with E-state index < -0.39 is 23.4 Å². The fourth-order valence-electron chi connectivity index (χ4n) is 4.62. The molecule has 1 aromatic carbocycles. The van der Waals surface area contributed by atoms with Gasteiger partial charge in [-0.3, -0.25) is 0 Å². The molecule has 2 aliphatic rings. The highest BCUT2D eigenvalue weighted by Crippen LogP contribution is 2.34. The molecule has 0 bridgehead atoms. The van der Waals surface area contributed by atoms with Gasteiger partial charge in [-0.1, -0.05) is 5.16 Å². The van der Waals surface area contributed by atoms with E-state index in [9.17, 15) is 13.6 Å². The topological polar surface area (TPSA) is 112 Å². The number of hydrogen-bond acceptors (Lipinski definition) is 7. The van der Waals surface area contributed by atoms with Crippen molar-refractivity contribution < 1.29 is 23.5 Å². The zero-order chi connectivity index (χ0) is 26.2. The van der Waals surface area contributed by atoms with Crippen LogP contribution in [0.4, 0.5) is 25.2 Å². The quantitative estimate of drug-likeness (QED) is 0.357. The number of nitrogens with one attached hydrogen (secondary N) is 2. The second-order valence-corrected chi connectivity index (χ2v) is 9.60. The van der Waals surface area contributed by atoms with Crippen molar-refractivity contribution in [1.29, 1.82) is 0 Å². The first-order chi connectivity index (χ1) is 17.9. The summed E-state index contributed by atoms with van der Waals surface area (Å²) in [4.78, 5) is 28.6. The molecule has 0 spiro atoms. The summed E-state index contributed by atoms with van der Waals surface area (Å²) in [6.45, 7) is 3.72. The Hall–Kier alpha value is -3.34. The number of anilines is 2. The van der Waals surface area contributed by atoms with E-state index >= 15 is 0 Å². The molecule has 1 aromatic heterocycles. The van der Waals surface area contributed by atoms with Crippen molar-refractivity contribution in [2.45, 2.75) is 63.9 Å². The lowest BCUT2D eigenvalue weighted by molar-refractivity contribution is 0.0406. The minimum atomic E-state index is -0.808. The van der Waals surface area contributed by atoms with Crippen LogP contribution in [0.2, 0.25) is 0 Å². The molecule has 0 atom stereocenters. The Bertz CT molecular complexity index is 1060. The Labute approximate surface area is 215 Å². The highest BCUT2D eigenvalue weighted by molar-refractivity contribution is 5.89. The number of aliphatic hydroxyl groups is 1. The highest BCUT2D eigenvalue weighted by Gasteiger charge is 2.25. The molecule has 2 amide bonds. The average Bonchev–Trinajstić information content (AvgIpc) is 2.91. The highest BCUT2D eigenvalue weighted by atomic mass is 19.1. The number of oxime groups is 1. The molecule has 37 heavy (non-hydrogen) atoms. The second kappa shape index (κ2) is 12.8. The second-order valence-electron chi connectivity index (χ2n) is 9.60. The van der Waals surface area contributed by atoms with E-state index in [1.165, 1.54) is 12.1 Å². The predicted octanol–water partition coefficient (Wildman–Crippen LogP) is 4.27. The number of aryl methyl sites for hydroxylation is 1. The molecular formula is C26H34F2N6O3. The number of rotatable bonds is 8. The molecule has 200 valence electrons. The maximum Gasteiger partial charge on any atom is 0.319 e. The Morgan fingerprint density at radius 2 is 1.78 bits per heavy atom. The Kier molecular flexibility index (Phi) is 9.21. The number of halogens is 2. The first-order valence-electron chi connectivity index (χ1n) is 12.8. The fourth-order valence-corrected chi connectivity index (χ4v) is 4.62. The van der Waals surface area contributed by atoms with Crippen molar-refractivity contribution in [3.8, 4) is 0 Å². The number of carbonyl (C=O) groups is 1. The largest absolute Gasteiger partial charge is 0.396 e. The summed E-state index contributed by atoms with van der Waals surface area (Å²) in [5, 5.41) is 17.8. The van der Waals surface area contributed by atoms with E-state index in [0.717, 1.165) is 56.0 Å². The lowest BCUT2D eigenvalue weighted by atomic mass is 9.83. The number of nitrogens with zero attached hydrogens (tertiary/aromatic N) is 4. The van der Waals surface area contributed by atoms with E-state index in [4.69, 9.17) is 9.94 Å². The number of piperidine rings is 1. The summed E-state index contributed by atoms with van der Waals surface area (Å²) in [5.41, 5.74) is 2.11. The molecule has 0 radical (unpaired) electrons. The summed E-state index contributed by atoms with van der Waals surface area (Å²) in [6, 6.07) is 1.87. The van der Waals surface area contributed by atoms with Crippen LogP contribution in [-0.4, -0.2) is 59.2 Å². The molecule has 2 fully saturated rings. The first-order valence-corrected chi connectivity index (χ1v) is 12.8. The molecule has 1 aliphatic carbocycles. The summed E-state index contributed by atoms with van der Waals surface area (Å²) >= 11 is 0. The number of hydrogen-bond donors (Lipinski definition) is 3. The van der Waals surface area contributed by atoms with Crippen molar-refractivity contribution in [2.24, 2.45) is 5.16 Å². The third-order valence-electron chi connectivity index (χ3n) is 6.78. The van der Waals surface area contributed by atoms with Gasteiger partial charge < -0.3 is 25.5 Å². The molecule has 1 saturated heterocycles. The minimum absolute atomic E-state index is 0.00753. The maximum atomic E-state index is 14.6. The van der Waals surface area contributed by atoms with Crippen LogP contribution in [0, 0.1) is 18.6 Å². The lowest BCUT2D eigenvalue weighted by Gasteiger charge is -2.31. The van der Waals surface area contributed by atoms with Gasteiger partial charge >= 0.3 is 6.03 Å². The van der Waals surface area contributed by atoms with Crippen LogP contribution in [0.5, 0.6) is 0 Å². The summed E-state index contributed by atoms with van der Waals surface area (Å²) < 4.78 is 29.2. The molecule has 2 aromatic rings. The van der Waals surface area contributed by atoms with Crippen LogP contribution in [0.25, 0.3) is 0 Å². The van der Waals surface area contributed by atoms with Gasteiger partial charge in [0.25, 0.3) is 0 Å². The molecule has 11 heteroatoms. The average molecular weight is 517 g/mol. The van der Waals surface area contributed by atoms with Gasteiger partial charge in [-0.15, -0.1) is 0 Å². The van der Waals surface area contributed by atoms with Gasteiger partial charge in [0.2, 0.25) is 5.95 Å². The van der Waals surface area contributed by atoms with Crippen LogP contribution >= 0.6 is 0 Å². The Morgan fingerprint density at radius 1 is 1.14 bits per heavy atom. The minimum Gasteiger partial charge on any atom is -0.396 e. The normalized spacial score (nSPS) is 18.4. The number of aliphatic hydroxyl groups excluding tert-OH is 1. The zero-order valence-corrected chi connectivity index (χ0v) is 21.1. The van der Waals surface area contributed by atoms with E-state index in [2.05, 4.69) is 30.7 Å². The number of amides is 2. The predicted molar refractivity (Wildman–Crippen MR) is 137 cm³/mol. The Balaban J connectivity index is 1.24. The molecular weight excluding hydrogens is 482 g/mol. The van der Waals surface area contributed by atoms with Crippen molar-refractivity contribution in [1.82, 2.24) is 15.3 Å². The van der Waals surface area contributed by atoms with Crippen molar-refractivity contribution in [2.75, 3.05) is 36.5 Å². The van der Waals surface area contributed by atoms with E-state index in [1.807, 2.05) is 19.3 Å². The molecule has 1 saturated carbocycles. The van der Waals surface area contributed by atoms with Crippen LogP contribution in [0.1, 0.15) is 62.0 Å². The van der Waals surface area contributed by atoms with Crippen LogP contribution in [0.15, 0.2) is 29.7 Å². The number of aromatic nitrogens is 2. The summed E-state index contributed by atoms with van der Waals surface area (Å²) in [5.74, 6) is -0.866. The van der Waals surface area contributed by atoms with Gasteiger partial charge in [0, 0.05) is 51.5 Å². The van der Waals surface area contributed by atoms with Gasteiger partial charge in [0.05, 0.1) is 5.71 Å². The number of urea groups is 1. The Morgan fingerprint density at radius 3 is 2.41 bits per heavy atom. The monoisotopic (exact) mass is 516 g/mol. The van der Waals surface area contributed by atoms with Crippen LogP contribution in [-0.2, 0) is 4.84 Å². The van der Waals surface area contributed by atoms with Crippen LogP contribution < -0.4 is 15.5 Å². The molecule has 9 nitrogen and oxygen atoms in total. The third kappa shape index (κ3) is 7.34. The van der Waals surface area contributed by atoms with Gasteiger partial charge in [-0.2, -0.15) is 0 Å². The van der Waals surface area contributed by atoms with Crippen LogP contribution in [0.3, 0.4) is 0 Å². The van der Waals surface area contributed by atoms with Crippen molar-refractivity contribution >= 4 is 23.4 Å². The maximum absolute atomic E-state index is 14.6. The zero-order valence-electron chi connectivity index (χ0n) is 21.1. The van der Waals surface area contributed by atoms with Gasteiger partial charge in [0.1, 0.15) is 23.4 Å². The lowest BCUT2D eigenvalue weighted by Crippen LogP contribution is -2.37. The van der Waals surface area contributed by atoms with E-state index in [-0.39, 0.29) is 25.2 Å². The number of benzene rings is 1. The standard InChI is InChI=1S/C26H34F2N6O3/c1-17-15-30-25(31-16-17)34-10-7-21(8-11-34)37-33-20-5-3-18(4-6-20)19-13-22(27)24(23(28)14-19)32-26(36)29-9-2-12-35/h13-16,18,21,35H,2-12H2,1H3,(H2,29,32,36). The van der Waals surface area contributed by atoms with Gasteiger partial charge in [0.15, 0.2) is 0 Å². The molecule has 1 aliphatic heterocycles. The molecule has 2 heterocycles. The van der Waals surface area contributed by atoms with E-state index in [1.54, 1.807) is 0 Å². The number of carbonyl (C=O) groups excluding carboxylic acids is 1. The third-order valence-corrected chi connectivity index (χ3v) is 6.78. The van der Waals surface area contributed by atoms with Crippen molar-refractivity contribution in [3.05, 3.63) is 47.3 Å². The van der Waals surface area contributed by atoms with E-state index in [0.29, 0.717) is 24.8 Å². The van der Waals surface area contributed by atoms with Gasteiger partial charge in [-0.05, 0) is 68.2 Å². The fraction of sp³-hybridized carbons (Fsp3) is 0.538. The SMILES string of the molecule is Cc1cnc(N2CCC(ON=C3CCC(c4cc(F)c(NC(=O)NCCCO)c(F)c4)CC3)CC2)nc1.